The molecule has 25 heavy (non-hydrogen) atoms. The fourth-order valence-electron chi connectivity index (χ4n) is 3.59. The van der Waals surface area contributed by atoms with E-state index in [1.165, 1.54) is 0 Å². The number of para-hydroxylation sites is 1. The second-order valence-electron chi connectivity index (χ2n) is 6.83. The molecule has 1 saturated heterocycles. The summed E-state index contributed by atoms with van der Waals surface area (Å²) in [5, 5.41) is 2.92. The number of carbonyl (C=O) groups excluding carboxylic acids is 1. The molecule has 3 heterocycles. The zero-order valence-electron chi connectivity index (χ0n) is 13.9. The molecule has 4 rings (SSSR count). The number of aromatic nitrogens is 2. The zero-order chi connectivity index (χ0) is 17.4. The molecule has 1 fully saturated rings. The zero-order valence-corrected chi connectivity index (χ0v) is 14.8. The largest absolute Gasteiger partial charge is 0.334 e. The van der Waals surface area contributed by atoms with Gasteiger partial charge in [-0.05, 0) is 25.3 Å². The quantitative estimate of drug-likeness (QED) is 0.911. The standard InChI is InChI=1S/C18H21N3O3S/c22-18(13-8-10-25(23,24)12-13)20-15-6-2-1-5-14(15)16-11-21-9-4-3-7-17(21)19-16/h1-2,5-6,11,13H,3-4,7-10,12H2,(H,20,22). The van der Waals surface area contributed by atoms with Gasteiger partial charge in [0.2, 0.25) is 5.91 Å². The number of aryl methyl sites for hydroxylation is 2. The Balaban J connectivity index is 1.59. The lowest BCUT2D eigenvalue weighted by atomic mass is 10.1. The van der Waals surface area contributed by atoms with Gasteiger partial charge in [-0.3, -0.25) is 4.79 Å². The molecule has 132 valence electrons. The fourth-order valence-corrected chi connectivity index (χ4v) is 5.34. The topological polar surface area (TPSA) is 81.1 Å². The minimum absolute atomic E-state index is 0.0558. The predicted octanol–water partition coefficient (Wildman–Crippen LogP) is 2.26. The van der Waals surface area contributed by atoms with Gasteiger partial charge in [-0.1, -0.05) is 18.2 Å². The van der Waals surface area contributed by atoms with Crippen molar-refractivity contribution in [1.82, 2.24) is 9.55 Å². The highest BCUT2D eigenvalue weighted by molar-refractivity contribution is 7.91. The number of hydrogen-bond acceptors (Lipinski definition) is 4. The van der Waals surface area contributed by atoms with Gasteiger partial charge in [0.1, 0.15) is 5.82 Å². The van der Waals surface area contributed by atoms with Gasteiger partial charge in [0.25, 0.3) is 0 Å². The maximum atomic E-state index is 12.5. The van der Waals surface area contributed by atoms with Crippen LogP contribution in [-0.4, -0.2) is 35.4 Å². The number of imidazole rings is 1. The number of rotatable bonds is 3. The van der Waals surface area contributed by atoms with E-state index in [9.17, 15) is 13.2 Å². The van der Waals surface area contributed by atoms with Crippen LogP contribution in [-0.2, 0) is 27.6 Å². The van der Waals surface area contributed by atoms with Crippen molar-refractivity contribution in [1.29, 1.82) is 0 Å². The number of hydrogen-bond donors (Lipinski definition) is 1. The Labute approximate surface area is 147 Å². The third kappa shape index (κ3) is 3.33. The Morgan fingerprint density at radius 3 is 2.84 bits per heavy atom. The molecule has 0 aliphatic carbocycles. The van der Waals surface area contributed by atoms with E-state index in [1.54, 1.807) is 0 Å². The van der Waals surface area contributed by atoms with Crippen molar-refractivity contribution in [2.45, 2.75) is 32.2 Å². The Bertz CT molecular complexity index is 894. The van der Waals surface area contributed by atoms with Crippen LogP contribution in [0.3, 0.4) is 0 Å². The van der Waals surface area contributed by atoms with E-state index in [0.29, 0.717) is 12.1 Å². The first kappa shape index (κ1) is 16.3. The summed E-state index contributed by atoms with van der Waals surface area (Å²) in [6.07, 6.45) is 5.74. The smallest absolute Gasteiger partial charge is 0.228 e. The van der Waals surface area contributed by atoms with Gasteiger partial charge in [0.15, 0.2) is 9.84 Å². The van der Waals surface area contributed by atoms with Gasteiger partial charge in [-0.15, -0.1) is 0 Å². The van der Waals surface area contributed by atoms with Crippen LogP contribution in [0.5, 0.6) is 0 Å². The summed E-state index contributed by atoms with van der Waals surface area (Å²) in [6.45, 7) is 0.983. The molecule has 1 aromatic carbocycles. The van der Waals surface area contributed by atoms with E-state index in [1.807, 2.05) is 30.5 Å². The molecule has 1 unspecified atom stereocenters. The van der Waals surface area contributed by atoms with Crippen LogP contribution in [0.25, 0.3) is 11.3 Å². The third-order valence-electron chi connectivity index (χ3n) is 4.97. The number of amides is 1. The van der Waals surface area contributed by atoms with Gasteiger partial charge in [-0.2, -0.15) is 0 Å². The van der Waals surface area contributed by atoms with E-state index in [0.717, 1.165) is 42.9 Å². The van der Waals surface area contributed by atoms with Gasteiger partial charge in [0, 0.05) is 24.7 Å². The highest BCUT2D eigenvalue weighted by Crippen LogP contribution is 2.30. The average molecular weight is 359 g/mol. The molecule has 1 aromatic heterocycles. The van der Waals surface area contributed by atoms with Crippen molar-refractivity contribution in [3.05, 3.63) is 36.3 Å². The predicted molar refractivity (Wildman–Crippen MR) is 96.0 cm³/mol. The van der Waals surface area contributed by atoms with E-state index in [4.69, 9.17) is 4.98 Å². The average Bonchev–Trinajstić information content (AvgIpc) is 3.18. The lowest BCUT2D eigenvalue weighted by Crippen LogP contribution is -2.24. The number of nitrogens with zero attached hydrogens (tertiary/aromatic N) is 2. The van der Waals surface area contributed by atoms with Crippen LogP contribution >= 0.6 is 0 Å². The SMILES string of the molecule is O=C(Nc1ccccc1-c1cn2c(n1)CCCC2)C1CCS(=O)(=O)C1. The lowest BCUT2D eigenvalue weighted by Gasteiger charge is -2.12. The number of sulfone groups is 1. The summed E-state index contributed by atoms with van der Waals surface area (Å²) in [6, 6.07) is 7.56. The monoisotopic (exact) mass is 359 g/mol. The van der Waals surface area contributed by atoms with E-state index < -0.39 is 15.8 Å². The molecule has 0 radical (unpaired) electrons. The molecule has 7 heteroatoms. The van der Waals surface area contributed by atoms with Crippen LogP contribution < -0.4 is 5.32 Å². The highest BCUT2D eigenvalue weighted by atomic mass is 32.2. The molecule has 6 nitrogen and oxygen atoms in total. The van der Waals surface area contributed by atoms with Crippen LogP contribution in [0.1, 0.15) is 25.1 Å². The Morgan fingerprint density at radius 2 is 2.08 bits per heavy atom. The maximum Gasteiger partial charge on any atom is 0.228 e. The van der Waals surface area contributed by atoms with Crippen LogP contribution in [0.15, 0.2) is 30.5 Å². The molecule has 1 N–H and O–H groups in total. The normalized spacial score (nSPS) is 21.7. The van der Waals surface area contributed by atoms with Gasteiger partial charge in [-0.25, -0.2) is 13.4 Å². The molecule has 0 saturated carbocycles. The number of nitrogens with one attached hydrogen (secondary N) is 1. The second-order valence-corrected chi connectivity index (χ2v) is 9.06. The molecular weight excluding hydrogens is 338 g/mol. The molecular formula is C18H21N3O3S. The Hall–Kier alpha value is -2.15. The number of carbonyl (C=O) groups is 1. The van der Waals surface area contributed by atoms with Crippen LogP contribution in [0.4, 0.5) is 5.69 Å². The summed E-state index contributed by atoms with van der Waals surface area (Å²) in [5.41, 5.74) is 2.41. The fraction of sp³-hybridized carbons (Fsp3) is 0.444. The van der Waals surface area contributed by atoms with Gasteiger partial charge >= 0.3 is 0 Å². The Kier molecular flexibility index (Phi) is 4.11. The summed E-state index contributed by atoms with van der Waals surface area (Å²) in [5.74, 6) is 0.440. The molecule has 2 aromatic rings. The third-order valence-corrected chi connectivity index (χ3v) is 6.74. The minimum atomic E-state index is -3.07. The summed E-state index contributed by atoms with van der Waals surface area (Å²) in [7, 11) is -3.07. The first-order chi connectivity index (χ1) is 12.0. The second kappa shape index (κ2) is 6.29. The van der Waals surface area contributed by atoms with Crippen molar-refractivity contribution in [2.24, 2.45) is 5.92 Å². The summed E-state index contributed by atoms with van der Waals surface area (Å²) in [4.78, 5) is 17.2. The molecule has 0 spiro atoms. The first-order valence-electron chi connectivity index (χ1n) is 8.68. The van der Waals surface area contributed by atoms with Crippen molar-refractivity contribution >= 4 is 21.4 Å². The Morgan fingerprint density at radius 1 is 1.24 bits per heavy atom. The van der Waals surface area contributed by atoms with Gasteiger partial charge in [0.05, 0.1) is 28.8 Å². The lowest BCUT2D eigenvalue weighted by molar-refractivity contribution is -0.119. The van der Waals surface area contributed by atoms with Crippen LogP contribution in [0, 0.1) is 5.92 Å². The number of benzene rings is 1. The molecule has 1 atom stereocenters. The summed E-state index contributed by atoms with van der Waals surface area (Å²) < 4.78 is 25.4. The first-order valence-corrected chi connectivity index (χ1v) is 10.5. The van der Waals surface area contributed by atoms with Crippen molar-refractivity contribution in [3.63, 3.8) is 0 Å². The molecule has 1 amide bonds. The number of anilines is 1. The van der Waals surface area contributed by atoms with Gasteiger partial charge < -0.3 is 9.88 Å². The van der Waals surface area contributed by atoms with Crippen LogP contribution in [0.2, 0.25) is 0 Å². The molecule has 2 aliphatic heterocycles. The van der Waals surface area contributed by atoms with E-state index in [-0.39, 0.29) is 17.4 Å². The maximum absolute atomic E-state index is 12.5. The minimum Gasteiger partial charge on any atom is -0.334 e. The van der Waals surface area contributed by atoms with E-state index in [2.05, 4.69) is 9.88 Å². The number of fused-ring (bicyclic) bond motifs is 1. The van der Waals surface area contributed by atoms with Crippen molar-refractivity contribution in [2.75, 3.05) is 16.8 Å². The van der Waals surface area contributed by atoms with E-state index >= 15 is 0 Å². The molecule has 2 aliphatic rings. The van der Waals surface area contributed by atoms with Crippen molar-refractivity contribution < 1.29 is 13.2 Å². The highest BCUT2D eigenvalue weighted by Gasteiger charge is 2.33. The molecule has 0 bridgehead atoms. The van der Waals surface area contributed by atoms with Crippen molar-refractivity contribution in [3.8, 4) is 11.3 Å². The summed E-state index contributed by atoms with van der Waals surface area (Å²) >= 11 is 0.